The molecule has 3 rings (SSSR count). The molecule has 0 spiro atoms. The number of carbonyl (C=O) groups excluding carboxylic acids is 1. The number of halogens is 1. The molecule has 1 fully saturated rings. The summed E-state index contributed by atoms with van der Waals surface area (Å²) >= 11 is 0. The summed E-state index contributed by atoms with van der Waals surface area (Å²) in [4.78, 5) is 14.6. The summed E-state index contributed by atoms with van der Waals surface area (Å²) in [6.45, 7) is 2.97. The number of nitrogens with one attached hydrogen (secondary N) is 1. The molecular weight excluding hydrogens is 317 g/mol. The van der Waals surface area contributed by atoms with Crippen LogP contribution in [0.4, 0.5) is 4.39 Å². The number of methoxy groups -OCH3 is 1. The highest BCUT2D eigenvalue weighted by molar-refractivity contribution is 6.01. The van der Waals surface area contributed by atoms with E-state index in [2.05, 4.69) is 0 Å². The van der Waals surface area contributed by atoms with Crippen molar-refractivity contribution in [1.82, 2.24) is 0 Å². The van der Waals surface area contributed by atoms with Gasteiger partial charge in [0.05, 0.1) is 32.7 Å². The van der Waals surface area contributed by atoms with Crippen molar-refractivity contribution in [3.05, 3.63) is 65.5 Å². The Morgan fingerprint density at radius 1 is 1.12 bits per heavy atom. The summed E-state index contributed by atoms with van der Waals surface area (Å²) in [7, 11) is 1.42. The van der Waals surface area contributed by atoms with Gasteiger partial charge in [-0.2, -0.15) is 0 Å². The second-order valence-corrected chi connectivity index (χ2v) is 6.69. The van der Waals surface area contributed by atoms with Crippen molar-refractivity contribution in [2.45, 2.75) is 25.2 Å². The maximum absolute atomic E-state index is 14.1. The van der Waals surface area contributed by atoms with Gasteiger partial charge in [0.15, 0.2) is 17.3 Å². The number of rotatable bonds is 6. The van der Waals surface area contributed by atoms with Crippen molar-refractivity contribution in [2.75, 3.05) is 26.7 Å². The summed E-state index contributed by atoms with van der Waals surface area (Å²) in [5.41, 5.74) is 1.41. The number of piperidine rings is 1. The molecule has 0 saturated carbocycles. The maximum atomic E-state index is 14.1. The molecule has 0 bridgehead atoms. The Labute approximate surface area is 148 Å². The minimum Gasteiger partial charge on any atom is -0.494 e. The summed E-state index contributed by atoms with van der Waals surface area (Å²) < 4.78 is 19.0. The monoisotopic (exact) mass is 342 g/mol. The van der Waals surface area contributed by atoms with Crippen LogP contribution in [0, 0.1) is 5.82 Å². The van der Waals surface area contributed by atoms with Gasteiger partial charge in [-0.25, -0.2) is 4.39 Å². The zero-order valence-corrected chi connectivity index (χ0v) is 14.6. The van der Waals surface area contributed by atoms with Crippen molar-refractivity contribution in [2.24, 2.45) is 0 Å². The summed E-state index contributed by atoms with van der Waals surface area (Å²) in [6.07, 6.45) is 3.70. The smallest absolute Gasteiger partial charge is 0.176 e. The van der Waals surface area contributed by atoms with Crippen molar-refractivity contribution in [1.29, 1.82) is 0 Å². The van der Waals surface area contributed by atoms with Crippen LogP contribution in [0.3, 0.4) is 0 Å². The molecule has 0 amide bonds. The topological polar surface area (TPSA) is 30.7 Å². The standard InChI is InChI=1S/C21H24FNO2/c1-25-20-11-10-17(14-19(20)22)21(24)18(16-8-4-2-5-9-16)15-23-12-6-3-7-13-23/h2,4-5,8-11,14,18H,3,6-7,12-13,15H2,1H3/p+1/t18-/m1/s1. The predicted molar refractivity (Wildman–Crippen MR) is 95.9 cm³/mol. The molecule has 0 unspecified atom stereocenters. The van der Waals surface area contributed by atoms with Gasteiger partial charge in [-0.05, 0) is 43.0 Å². The van der Waals surface area contributed by atoms with Gasteiger partial charge in [0.2, 0.25) is 0 Å². The summed E-state index contributed by atoms with van der Waals surface area (Å²) in [5, 5.41) is 0. The minimum atomic E-state index is -0.495. The number of benzene rings is 2. The number of likely N-dealkylation sites (tertiary alicyclic amines) is 1. The molecule has 1 heterocycles. The van der Waals surface area contributed by atoms with E-state index in [1.807, 2.05) is 30.3 Å². The van der Waals surface area contributed by atoms with Crippen LogP contribution in [-0.2, 0) is 0 Å². The van der Waals surface area contributed by atoms with Crippen LogP contribution in [0.1, 0.15) is 41.1 Å². The molecule has 1 atom stereocenters. The zero-order valence-electron chi connectivity index (χ0n) is 14.6. The van der Waals surface area contributed by atoms with Gasteiger partial charge in [0.25, 0.3) is 0 Å². The first-order chi connectivity index (χ1) is 12.2. The zero-order chi connectivity index (χ0) is 17.6. The lowest BCUT2D eigenvalue weighted by Gasteiger charge is -2.27. The Balaban J connectivity index is 1.87. The Kier molecular flexibility index (Phi) is 5.82. The van der Waals surface area contributed by atoms with Crippen LogP contribution in [0.5, 0.6) is 5.75 Å². The van der Waals surface area contributed by atoms with E-state index < -0.39 is 5.82 Å². The number of hydrogen-bond donors (Lipinski definition) is 1. The number of Topliss-reactive ketones (excluding diaryl/α,β-unsaturated/α-hetero) is 1. The molecule has 4 heteroatoms. The lowest BCUT2D eigenvalue weighted by atomic mass is 9.89. The first-order valence-corrected chi connectivity index (χ1v) is 8.95. The molecule has 2 aromatic rings. The van der Waals surface area contributed by atoms with Crippen LogP contribution in [0.25, 0.3) is 0 Å². The van der Waals surface area contributed by atoms with Crippen LogP contribution < -0.4 is 9.64 Å². The van der Waals surface area contributed by atoms with Gasteiger partial charge in [-0.3, -0.25) is 4.79 Å². The summed E-state index contributed by atoms with van der Waals surface area (Å²) in [5.74, 6) is -0.604. The largest absolute Gasteiger partial charge is 0.494 e. The molecule has 132 valence electrons. The Morgan fingerprint density at radius 3 is 2.48 bits per heavy atom. The normalized spacial score (nSPS) is 16.4. The molecule has 25 heavy (non-hydrogen) atoms. The Hall–Kier alpha value is -2.20. The molecule has 1 saturated heterocycles. The highest BCUT2D eigenvalue weighted by atomic mass is 19.1. The minimum absolute atomic E-state index is 0.0224. The molecule has 3 nitrogen and oxygen atoms in total. The number of quaternary nitrogens is 1. The van der Waals surface area contributed by atoms with Gasteiger partial charge < -0.3 is 9.64 Å². The van der Waals surface area contributed by atoms with E-state index in [-0.39, 0.29) is 17.5 Å². The van der Waals surface area contributed by atoms with Crippen LogP contribution in [-0.4, -0.2) is 32.5 Å². The molecule has 0 aromatic heterocycles. The van der Waals surface area contributed by atoms with E-state index >= 15 is 0 Å². The first kappa shape index (κ1) is 17.6. The fourth-order valence-electron chi connectivity index (χ4n) is 3.61. The molecule has 0 radical (unpaired) electrons. The van der Waals surface area contributed by atoms with Crippen molar-refractivity contribution >= 4 is 5.78 Å². The number of hydrogen-bond acceptors (Lipinski definition) is 2. The van der Waals surface area contributed by atoms with Crippen LogP contribution >= 0.6 is 0 Å². The number of carbonyl (C=O) groups is 1. The summed E-state index contributed by atoms with van der Waals surface area (Å²) in [6, 6.07) is 14.3. The van der Waals surface area contributed by atoms with Crippen molar-refractivity contribution in [3.8, 4) is 5.75 Å². The highest BCUT2D eigenvalue weighted by Gasteiger charge is 2.28. The van der Waals surface area contributed by atoms with Gasteiger partial charge in [-0.1, -0.05) is 30.3 Å². The molecule has 1 aliphatic rings. The third kappa shape index (κ3) is 4.26. The SMILES string of the molecule is COc1ccc(C(=O)[C@H](C[NH+]2CCCCC2)c2ccccc2)cc1F. The number of ketones is 1. The Morgan fingerprint density at radius 2 is 1.84 bits per heavy atom. The van der Waals surface area contributed by atoms with E-state index in [0.717, 1.165) is 25.2 Å². The lowest BCUT2D eigenvalue weighted by molar-refractivity contribution is -0.905. The van der Waals surface area contributed by atoms with Gasteiger partial charge in [0, 0.05) is 5.56 Å². The highest BCUT2D eigenvalue weighted by Crippen LogP contribution is 2.24. The van der Waals surface area contributed by atoms with E-state index in [0.29, 0.717) is 5.56 Å². The van der Waals surface area contributed by atoms with Crippen molar-refractivity contribution in [3.63, 3.8) is 0 Å². The molecular formula is C21H25FNO2+. The van der Waals surface area contributed by atoms with Crippen LogP contribution in [0.15, 0.2) is 48.5 Å². The average molecular weight is 342 g/mol. The second kappa shape index (κ2) is 8.26. The number of ether oxygens (including phenoxy) is 1. The maximum Gasteiger partial charge on any atom is 0.176 e. The lowest BCUT2D eigenvalue weighted by Crippen LogP contribution is -3.13. The van der Waals surface area contributed by atoms with Crippen LogP contribution in [0.2, 0.25) is 0 Å². The van der Waals surface area contributed by atoms with E-state index in [1.165, 1.54) is 43.4 Å². The average Bonchev–Trinajstić information content (AvgIpc) is 2.67. The van der Waals surface area contributed by atoms with E-state index in [1.54, 1.807) is 6.07 Å². The van der Waals surface area contributed by atoms with E-state index in [9.17, 15) is 9.18 Å². The van der Waals surface area contributed by atoms with Crippen molar-refractivity contribution < 1.29 is 18.8 Å². The fraction of sp³-hybridized carbons (Fsp3) is 0.381. The second-order valence-electron chi connectivity index (χ2n) is 6.69. The Bertz CT molecular complexity index is 711. The first-order valence-electron chi connectivity index (χ1n) is 8.95. The molecule has 1 N–H and O–H groups in total. The quantitative estimate of drug-likeness (QED) is 0.819. The van der Waals surface area contributed by atoms with E-state index in [4.69, 9.17) is 4.74 Å². The third-order valence-electron chi connectivity index (χ3n) is 5.01. The fourth-order valence-corrected chi connectivity index (χ4v) is 3.61. The molecule has 0 aliphatic carbocycles. The molecule has 1 aliphatic heterocycles. The van der Waals surface area contributed by atoms with Gasteiger partial charge in [-0.15, -0.1) is 0 Å². The predicted octanol–water partition coefficient (Wildman–Crippen LogP) is 2.87. The third-order valence-corrected chi connectivity index (χ3v) is 5.01. The van der Waals surface area contributed by atoms with Gasteiger partial charge >= 0.3 is 0 Å². The molecule has 2 aromatic carbocycles. The van der Waals surface area contributed by atoms with Gasteiger partial charge in [0.1, 0.15) is 0 Å².